The Hall–Kier alpha value is -3.71. The van der Waals surface area contributed by atoms with E-state index in [2.05, 4.69) is 20.3 Å². The van der Waals surface area contributed by atoms with Crippen LogP contribution >= 0.6 is 11.3 Å². The number of H-pyrrole nitrogens is 1. The van der Waals surface area contributed by atoms with Crippen molar-refractivity contribution in [1.82, 2.24) is 29.5 Å². The average molecular weight is 501 g/mol. The van der Waals surface area contributed by atoms with Crippen LogP contribution in [0.25, 0.3) is 27.9 Å². The number of aromatic amines is 1. The molecular weight excluding hydrogens is 481 g/mol. The summed E-state index contributed by atoms with van der Waals surface area (Å²) in [5.74, 6) is 1.36. The van der Waals surface area contributed by atoms with Gasteiger partial charge in [-0.15, -0.1) is 0 Å². The van der Waals surface area contributed by atoms with Crippen LogP contribution in [0.2, 0.25) is 0 Å². The topological polar surface area (TPSA) is 96.8 Å². The third-order valence-electron chi connectivity index (χ3n) is 5.75. The molecule has 0 unspecified atom stereocenters. The zero-order valence-corrected chi connectivity index (χ0v) is 19.0. The molecule has 1 aliphatic rings. The number of alkyl halides is 3. The predicted octanol–water partition coefficient (Wildman–Crippen LogP) is 4.22. The first-order chi connectivity index (χ1) is 17.0. The molecular formula is C22H19F3N8OS. The third kappa shape index (κ3) is 4.06. The van der Waals surface area contributed by atoms with Crippen LogP contribution in [0.1, 0.15) is 11.4 Å². The van der Waals surface area contributed by atoms with Crippen LogP contribution in [-0.2, 0) is 17.5 Å². The van der Waals surface area contributed by atoms with Crippen LogP contribution in [0.4, 0.5) is 24.9 Å². The van der Waals surface area contributed by atoms with E-state index in [1.54, 1.807) is 23.7 Å². The summed E-state index contributed by atoms with van der Waals surface area (Å²) in [6.07, 6.45) is -2.80. The molecule has 0 saturated carbocycles. The fourth-order valence-electron chi connectivity index (χ4n) is 4.06. The number of nitrogens with zero attached hydrogens (tertiary/aromatic N) is 6. The highest BCUT2D eigenvalue weighted by Crippen LogP contribution is 2.34. The molecule has 5 heterocycles. The Kier molecular flexibility index (Phi) is 5.29. The van der Waals surface area contributed by atoms with E-state index in [1.165, 1.54) is 6.07 Å². The Morgan fingerprint density at radius 2 is 1.94 bits per heavy atom. The van der Waals surface area contributed by atoms with Crippen LogP contribution in [0.5, 0.6) is 0 Å². The van der Waals surface area contributed by atoms with Gasteiger partial charge in [0, 0.05) is 18.5 Å². The van der Waals surface area contributed by atoms with E-state index in [4.69, 9.17) is 14.7 Å². The number of rotatable bonds is 5. The number of aromatic nitrogens is 6. The summed E-state index contributed by atoms with van der Waals surface area (Å²) in [6, 6.07) is 5.94. The molecule has 180 valence electrons. The molecule has 1 aliphatic heterocycles. The molecule has 1 saturated heterocycles. The molecule has 4 aromatic heterocycles. The number of morpholine rings is 1. The Morgan fingerprint density at radius 1 is 1.09 bits per heavy atom. The normalized spacial score (nSPS) is 14.8. The van der Waals surface area contributed by atoms with Crippen LogP contribution in [0.3, 0.4) is 0 Å². The van der Waals surface area contributed by atoms with Gasteiger partial charge in [0.2, 0.25) is 5.95 Å². The van der Waals surface area contributed by atoms with Gasteiger partial charge in [0.1, 0.15) is 17.7 Å². The van der Waals surface area contributed by atoms with E-state index in [0.29, 0.717) is 60.6 Å². The van der Waals surface area contributed by atoms with Gasteiger partial charge < -0.3 is 19.9 Å². The summed E-state index contributed by atoms with van der Waals surface area (Å²) in [5, 5.41) is 7.17. The van der Waals surface area contributed by atoms with Gasteiger partial charge in [0.05, 0.1) is 36.5 Å². The number of hydrogen-bond donors (Lipinski definition) is 2. The van der Waals surface area contributed by atoms with Crippen molar-refractivity contribution < 1.29 is 17.9 Å². The molecule has 1 aromatic carbocycles. The maximum atomic E-state index is 13.4. The van der Waals surface area contributed by atoms with Gasteiger partial charge >= 0.3 is 6.18 Å². The number of ether oxygens (including phenoxy) is 1. The first kappa shape index (κ1) is 21.8. The van der Waals surface area contributed by atoms with Gasteiger partial charge in [0.25, 0.3) is 0 Å². The van der Waals surface area contributed by atoms with E-state index >= 15 is 0 Å². The van der Waals surface area contributed by atoms with Crippen molar-refractivity contribution in [3.63, 3.8) is 0 Å². The van der Waals surface area contributed by atoms with Gasteiger partial charge in [-0.2, -0.15) is 34.5 Å². The SMILES string of the molecule is FC(F)(F)c1cccc2[nH]c(CNc3nc(N4CCOCC4)nc4c3ncn4-c3ccsc3)nc12. The number of nitrogens with one attached hydrogen (secondary N) is 2. The molecule has 35 heavy (non-hydrogen) atoms. The summed E-state index contributed by atoms with van der Waals surface area (Å²) in [6.45, 7) is 2.59. The fourth-order valence-corrected chi connectivity index (χ4v) is 4.69. The second kappa shape index (κ2) is 8.50. The minimum absolute atomic E-state index is 0.111. The lowest BCUT2D eigenvalue weighted by Gasteiger charge is -2.27. The van der Waals surface area contributed by atoms with Crippen molar-refractivity contribution in [3.05, 3.63) is 52.7 Å². The predicted molar refractivity (Wildman–Crippen MR) is 126 cm³/mol. The number of anilines is 2. The lowest BCUT2D eigenvalue weighted by molar-refractivity contribution is -0.136. The Balaban J connectivity index is 1.37. The third-order valence-corrected chi connectivity index (χ3v) is 6.42. The molecule has 6 rings (SSSR count). The Bertz CT molecular complexity index is 1490. The minimum atomic E-state index is -4.49. The standard InChI is InChI=1S/C22H19F3N8OS/c23-22(24,25)14-2-1-3-15-17(14)29-16(28-15)10-26-19-18-20(33(12-27-18)13-4-9-35-11-13)31-21(30-19)32-5-7-34-8-6-32/h1-4,9,11-12H,5-8,10H2,(H,28,29)(H,26,30,31). The second-order valence-corrected chi connectivity index (χ2v) is 8.76. The molecule has 5 aromatic rings. The monoisotopic (exact) mass is 500 g/mol. The molecule has 0 amide bonds. The van der Waals surface area contributed by atoms with Crippen molar-refractivity contribution in [2.75, 3.05) is 36.5 Å². The van der Waals surface area contributed by atoms with Crippen molar-refractivity contribution >= 4 is 45.3 Å². The Morgan fingerprint density at radius 3 is 2.71 bits per heavy atom. The van der Waals surface area contributed by atoms with Crippen LogP contribution < -0.4 is 10.2 Å². The highest BCUT2D eigenvalue weighted by molar-refractivity contribution is 7.08. The van der Waals surface area contributed by atoms with Gasteiger partial charge in [-0.1, -0.05) is 6.07 Å². The fraction of sp³-hybridized carbons (Fsp3) is 0.273. The number of halogens is 3. The molecule has 0 radical (unpaired) electrons. The molecule has 0 bridgehead atoms. The van der Waals surface area contributed by atoms with Gasteiger partial charge in [0.15, 0.2) is 17.0 Å². The maximum Gasteiger partial charge on any atom is 0.418 e. The van der Waals surface area contributed by atoms with Crippen LogP contribution in [0, 0.1) is 0 Å². The minimum Gasteiger partial charge on any atom is -0.378 e. The highest BCUT2D eigenvalue weighted by atomic mass is 32.1. The first-order valence-corrected chi connectivity index (χ1v) is 11.8. The van der Waals surface area contributed by atoms with E-state index < -0.39 is 11.7 Å². The maximum absolute atomic E-state index is 13.4. The largest absolute Gasteiger partial charge is 0.418 e. The van der Waals surface area contributed by atoms with Crippen LogP contribution in [-0.4, -0.2) is 55.8 Å². The first-order valence-electron chi connectivity index (χ1n) is 10.9. The molecule has 0 aliphatic carbocycles. The van der Waals surface area contributed by atoms with Crippen molar-refractivity contribution in [2.24, 2.45) is 0 Å². The summed E-state index contributed by atoms with van der Waals surface area (Å²) < 4.78 is 47.5. The number of hydrogen-bond acceptors (Lipinski definition) is 8. The zero-order valence-electron chi connectivity index (χ0n) is 18.2. The number of para-hydroxylation sites is 1. The van der Waals surface area contributed by atoms with Crippen molar-refractivity contribution in [1.29, 1.82) is 0 Å². The van der Waals surface area contributed by atoms with Crippen molar-refractivity contribution in [2.45, 2.75) is 12.7 Å². The van der Waals surface area contributed by atoms with Crippen LogP contribution in [0.15, 0.2) is 41.4 Å². The number of benzene rings is 1. The number of fused-ring (bicyclic) bond motifs is 2. The van der Waals surface area contributed by atoms with E-state index in [1.807, 2.05) is 26.3 Å². The van der Waals surface area contributed by atoms with E-state index in [-0.39, 0.29) is 12.1 Å². The summed E-state index contributed by atoms with van der Waals surface area (Å²) >= 11 is 1.57. The molecule has 0 atom stereocenters. The molecule has 0 spiro atoms. The lowest BCUT2D eigenvalue weighted by Crippen LogP contribution is -2.37. The molecule has 1 fully saturated rings. The van der Waals surface area contributed by atoms with Crippen molar-refractivity contribution in [3.8, 4) is 5.69 Å². The highest BCUT2D eigenvalue weighted by Gasteiger charge is 2.33. The van der Waals surface area contributed by atoms with Gasteiger partial charge in [-0.25, -0.2) is 9.97 Å². The molecule has 9 nitrogen and oxygen atoms in total. The summed E-state index contributed by atoms with van der Waals surface area (Å²) in [5.41, 5.74) is 1.56. The quantitative estimate of drug-likeness (QED) is 0.373. The second-order valence-electron chi connectivity index (χ2n) is 7.98. The van der Waals surface area contributed by atoms with E-state index in [9.17, 15) is 13.2 Å². The molecule has 2 N–H and O–H groups in total. The smallest absolute Gasteiger partial charge is 0.378 e. The van der Waals surface area contributed by atoms with E-state index in [0.717, 1.165) is 11.8 Å². The zero-order chi connectivity index (χ0) is 24.0. The van der Waals surface area contributed by atoms with Gasteiger partial charge in [-0.3, -0.25) is 4.57 Å². The average Bonchev–Trinajstić information content (AvgIpc) is 3.61. The number of imidazole rings is 2. The summed E-state index contributed by atoms with van der Waals surface area (Å²) in [7, 11) is 0. The Labute approximate surface area is 200 Å². The molecule has 13 heteroatoms. The summed E-state index contributed by atoms with van der Waals surface area (Å²) in [4.78, 5) is 23.2. The lowest BCUT2D eigenvalue weighted by atomic mass is 10.2. The van der Waals surface area contributed by atoms with Gasteiger partial charge in [-0.05, 0) is 23.6 Å². The number of thiophene rings is 1.